The molecule has 1 atom stereocenters. The van der Waals surface area contributed by atoms with Crippen molar-refractivity contribution in [2.24, 2.45) is 0 Å². The zero-order chi connectivity index (χ0) is 14.0. The van der Waals surface area contributed by atoms with Crippen molar-refractivity contribution in [2.45, 2.75) is 19.8 Å². The number of dihydropyridines is 1. The molecule has 0 saturated carbocycles. The van der Waals surface area contributed by atoms with Gasteiger partial charge in [0, 0.05) is 5.70 Å². The third-order valence-electron chi connectivity index (χ3n) is 3.18. The second-order valence-corrected chi connectivity index (χ2v) is 4.39. The summed E-state index contributed by atoms with van der Waals surface area (Å²) in [7, 11) is 0. The molecule has 2 rings (SSSR count). The summed E-state index contributed by atoms with van der Waals surface area (Å²) in [5.74, 6) is -0.609. The van der Waals surface area contributed by atoms with Gasteiger partial charge >= 0.3 is 0 Å². The van der Waals surface area contributed by atoms with Crippen LogP contribution in [0.25, 0.3) is 0 Å². The largest absolute Gasteiger partial charge is 0.357 e. The van der Waals surface area contributed by atoms with Crippen LogP contribution >= 0.6 is 0 Å². The zero-order valence-electron chi connectivity index (χ0n) is 10.7. The van der Waals surface area contributed by atoms with Gasteiger partial charge in [-0.2, -0.15) is 5.26 Å². The molecule has 0 bridgehead atoms. The highest BCUT2D eigenvalue weighted by Gasteiger charge is 2.36. The molecule has 0 saturated heterocycles. The number of nitriles is 1. The minimum absolute atomic E-state index is 0.0355. The second-order valence-electron chi connectivity index (χ2n) is 4.39. The topological polar surface area (TPSA) is 79.0 Å². The molecule has 0 aliphatic carbocycles. The summed E-state index contributed by atoms with van der Waals surface area (Å²) in [5.41, 5.74) is 2.33. The smallest absolute Gasteiger partial charge is 0.277 e. The lowest BCUT2D eigenvalue weighted by molar-refractivity contribution is -0.431. The fourth-order valence-corrected chi connectivity index (χ4v) is 2.34. The van der Waals surface area contributed by atoms with Gasteiger partial charge in [-0.25, -0.2) is 0 Å². The maximum atomic E-state index is 11.3. The molecule has 1 heterocycles. The van der Waals surface area contributed by atoms with Crippen LogP contribution in [-0.2, 0) is 0 Å². The minimum Gasteiger partial charge on any atom is -0.357 e. The highest BCUT2D eigenvalue weighted by molar-refractivity contribution is 5.48. The number of nitro groups is 1. The van der Waals surface area contributed by atoms with Crippen LogP contribution in [0.2, 0.25) is 0 Å². The summed E-state index contributed by atoms with van der Waals surface area (Å²) in [6.45, 7) is 3.42. The maximum Gasteiger partial charge on any atom is 0.277 e. The van der Waals surface area contributed by atoms with E-state index in [1.807, 2.05) is 18.2 Å². The Kier molecular flexibility index (Phi) is 3.34. The first kappa shape index (κ1) is 12.8. The van der Waals surface area contributed by atoms with Gasteiger partial charge in [-0.1, -0.05) is 30.3 Å². The van der Waals surface area contributed by atoms with Crippen LogP contribution in [0.1, 0.15) is 25.3 Å². The van der Waals surface area contributed by atoms with E-state index in [0.717, 1.165) is 5.56 Å². The lowest BCUT2D eigenvalue weighted by Gasteiger charge is -2.23. The highest BCUT2D eigenvalue weighted by Crippen LogP contribution is 2.37. The van der Waals surface area contributed by atoms with Gasteiger partial charge in [0.2, 0.25) is 0 Å². The Hall–Kier alpha value is -2.61. The van der Waals surface area contributed by atoms with Crippen molar-refractivity contribution in [3.8, 4) is 6.07 Å². The standard InChI is InChI=1S/C14H13N3O2/c1-9-12(8-15)13(11-6-4-3-5-7-11)14(17(18)19)10(2)16-9/h3-7,13,16H,1-2H3. The van der Waals surface area contributed by atoms with Gasteiger partial charge in [-0.3, -0.25) is 10.1 Å². The van der Waals surface area contributed by atoms with Crippen molar-refractivity contribution >= 4 is 0 Å². The molecule has 1 unspecified atom stereocenters. The number of nitrogens with one attached hydrogen (secondary N) is 1. The van der Waals surface area contributed by atoms with Crippen molar-refractivity contribution in [1.82, 2.24) is 5.32 Å². The second kappa shape index (κ2) is 4.94. The van der Waals surface area contributed by atoms with Gasteiger partial charge in [0.1, 0.15) is 5.92 Å². The molecule has 5 nitrogen and oxygen atoms in total. The van der Waals surface area contributed by atoms with Crippen molar-refractivity contribution < 1.29 is 4.92 Å². The molecule has 1 aliphatic heterocycles. The van der Waals surface area contributed by atoms with Gasteiger partial charge in [-0.15, -0.1) is 0 Å². The van der Waals surface area contributed by atoms with E-state index < -0.39 is 10.8 Å². The van der Waals surface area contributed by atoms with E-state index in [-0.39, 0.29) is 5.70 Å². The molecule has 96 valence electrons. The first-order valence-electron chi connectivity index (χ1n) is 5.84. The van der Waals surface area contributed by atoms with Gasteiger partial charge in [-0.05, 0) is 19.4 Å². The first-order valence-corrected chi connectivity index (χ1v) is 5.84. The van der Waals surface area contributed by atoms with E-state index in [2.05, 4.69) is 11.4 Å². The summed E-state index contributed by atoms with van der Waals surface area (Å²) in [6.07, 6.45) is 0. The molecule has 1 N–H and O–H groups in total. The lowest BCUT2D eigenvalue weighted by atomic mass is 9.85. The molecule has 0 amide bonds. The van der Waals surface area contributed by atoms with Gasteiger partial charge < -0.3 is 5.32 Å². The summed E-state index contributed by atoms with van der Waals surface area (Å²) in [6, 6.07) is 11.2. The molecule has 0 fully saturated rings. The summed E-state index contributed by atoms with van der Waals surface area (Å²) in [5, 5.41) is 23.5. The third-order valence-corrected chi connectivity index (χ3v) is 3.18. The van der Waals surface area contributed by atoms with Crippen molar-refractivity contribution in [3.63, 3.8) is 0 Å². The predicted molar refractivity (Wildman–Crippen MR) is 70.3 cm³/mol. The fourth-order valence-electron chi connectivity index (χ4n) is 2.34. The number of benzene rings is 1. The first-order chi connectivity index (χ1) is 9.06. The quantitative estimate of drug-likeness (QED) is 0.651. The van der Waals surface area contributed by atoms with E-state index >= 15 is 0 Å². The molecule has 1 aliphatic rings. The average Bonchev–Trinajstić information content (AvgIpc) is 2.38. The van der Waals surface area contributed by atoms with Gasteiger partial charge in [0.15, 0.2) is 0 Å². The number of hydrogen-bond acceptors (Lipinski definition) is 4. The average molecular weight is 255 g/mol. The van der Waals surface area contributed by atoms with Crippen LogP contribution in [0, 0.1) is 21.4 Å². The Morgan fingerprint density at radius 1 is 1.26 bits per heavy atom. The molecular weight excluding hydrogens is 242 g/mol. The van der Waals surface area contributed by atoms with Crippen molar-refractivity contribution in [1.29, 1.82) is 5.26 Å². The van der Waals surface area contributed by atoms with Crippen LogP contribution in [0.4, 0.5) is 0 Å². The molecule has 1 aromatic rings. The summed E-state index contributed by atoms with van der Waals surface area (Å²) in [4.78, 5) is 10.9. The molecule has 19 heavy (non-hydrogen) atoms. The number of allylic oxidation sites excluding steroid dienone is 3. The SMILES string of the molecule is CC1=C(C#N)C(c2ccccc2)C([N+](=O)[O-])=C(C)N1. The molecule has 5 heteroatoms. The number of nitrogens with zero attached hydrogens (tertiary/aromatic N) is 2. The van der Waals surface area contributed by atoms with E-state index in [0.29, 0.717) is 17.0 Å². The maximum absolute atomic E-state index is 11.3. The Bertz CT molecular complexity index is 624. The van der Waals surface area contributed by atoms with Gasteiger partial charge in [0.05, 0.1) is 22.3 Å². The summed E-state index contributed by atoms with van der Waals surface area (Å²) >= 11 is 0. The Morgan fingerprint density at radius 3 is 2.42 bits per heavy atom. The predicted octanol–water partition coefficient (Wildman–Crippen LogP) is 2.68. The summed E-state index contributed by atoms with van der Waals surface area (Å²) < 4.78 is 0. The monoisotopic (exact) mass is 255 g/mol. The van der Waals surface area contributed by atoms with Crippen LogP contribution in [0.15, 0.2) is 53.0 Å². The van der Waals surface area contributed by atoms with E-state index in [1.165, 1.54) is 0 Å². The van der Waals surface area contributed by atoms with Crippen LogP contribution in [0.5, 0.6) is 0 Å². The Balaban J connectivity index is 2.65. The minimum atomic E-state index is -0.609. The van der Waals surface area contributed by atoms with Crippen molar-refractivity contribution in [3.05, 3.63) is 68.7 Å². The Labute approximate surface area is 111 Å². The Morgan fingerprint density at radius 2 is 1.89 bits per heavy atom. The van der Waals surface area contributed by atoms with Gasteiger partial charge in [0.25, 0.3) is 5.70 Å². The molecule has 0 spiro atoms. The molecular formula is C14H13N3O2. The van der Waals surface area contributed by atoms with Crippen LogP contribution in [0.3, 0.4) is 0 Å². The van der Waals surface area contributed by atoms with Crippen LogP contribution in [-0.4, -0.2) is 4.92 Å². The molecule has 0 aromatic heterocycles. The van der Waals surface area contributed by atoms with Crippen LogP contribution < -0.4 is 5.32 Å². The highest BCUT2D eigenvalue weighted by atomic mass is 16.6. The van der Waals surface area contributed by atoms with E-state index in [9.17, 15) is 15.4 Å². The zero-order valence-corrected chi connectivity index (χ0v) is 10.7. The number of hydrogen-bond donors (Lipinski definition) is 1. The normalized spacial score (nSPS) is 18.9. The molecule has 1 aromatic carbocycles. The lowest BCUT2D eigenvalue weighted by Crippen LogP contribution is -2.27. The number of rotatable bonds is 2. The third kappa shape index (κ3) is 2.20. The van der Waals surface area contributed by atoms with E-state index in [1.54, 1.807) is 26.0 Å². The van der Waals surface area contributed by atoms with E-state index in [4.69, 9.17) is 0 Å². The van der Waals surface area contributed by atoms with Crippen molar-refractivity contribution in [2.75, 3.05) is 0 Å². The fraction of sp³-hybridized carbons (Fsp3) is 0.214. The molecule has 0 radical (unpaired) electrons.